The zero-order chi connectivity index (χ0) is 17.0. The van der Waals surface area contributed by atoms with Crippen molar-refractivity contribution in [2.75, 3.05) is 32.7 Å². The first-order chi connectivity index (χ1) is 11.6. The molecule has 130 valence electrons. The minimum absolute atomic E-state index is 0.294. The lowest BCUT2D eigenvalue weighted by Gasteiger charge is -2.33. The third-order valence-corrected chi connectivity index (χ3v) is 6.31. The van der Waals surface area contributed by atoms with E-state index in [0.29, 0.717) is 24.5 Å². The van der Waals surface area contributed by atoms with Crippen molar-refractivity contribution in [3.63, 3.8) is 0 Å². The van der Waals surface area contributed by atoms with Crippen LogP contribution in [0.1, 0.15) is 12.5 Å². The third kappa shape index (κ3) is 3.85. The number of hydrogen-bond acceptors (Lipinski definition) is 4. The molecule has 7 heteroatoms. The lowest BCUT2D eigenvalue weighted by Crippen LogP contribution is -2.48. The molecule has 2 aromatic rings. The minimum Gasteiger partial charge on any atom is -0.300 e. The van der Waals surface area contributed by atoms with E-state index in [0.717, 1.165) is 26.1 Å². The molecule has 0 saturated carbocycles. The summed E-state index contributed by atoms with van der Waals surface area (Å²) < 4.78 is 28.5. The second kappa shape index (κ2) is 7.46. The standard InChI is InChI=1S/C17H24N4O2S/c1-2-20-15-17(14-18-20)24(22,23)21-12-10-19(11-13-21)9-8-16-6-4-3-5-7-16/h3-7,14-15H,2,8-13H2,1H3. The number of aromatic nitrogens is 2. The average Bonchev–Trinajstić information content (AvgIpc) is 3.11. The van der Waals surface area contributed by atoms with Gasteiger partial charge in [0, 0.05) is 45.5 Å². The van der Waals surface area contributed by atoms with Crippen molar-refractivity contribution < 1.29 is 8.42 Å². The lowest BCUT2D eigenvalue weighted by atomic mass is 10.1. The molecule has 0 amide bonds. The van der Waals surface area contributed by atoms with Gasteiger partial charge < -0.3 is 4.90 Å². The Hall–Kier alpha value is -1.70. The Labute approximate surface area is 143 Å². The Bertz CT molecular complexity index is 750. The summed E-state index contributed by atoms with van der Waals surface area (Å²) in [6.45, 7) is 6.19. The molecule has 0 N–H and O–H groups in total. The van der Waals surface area contributed by atoms with E-state index in [4.69, 9.17) is 0 Å². The number of nitrogens with zero attached hydrogens (tertiary/aromatic N) is 4. The van der Waals surface area contributed by atoms with Crippen LogP contribution >= 0.6 is 0 Å². The molecule has 1 aliphatic rings. The van der Waals surface area contributed by atoms with E-state index in [-0.39, 0.29) is 0 Å². The Morgan fingerprint density at radius 1 is 1.08 bits per heavy atom. The van der Waals surface area contributed by atoms with Gasteiger partial charge in [-0.3, -0.25) is 4.68 Å². The van der Waals surface area contributed by atoms with E-state index < -0.39 is 10.0 Å². The Morgan fingerprint density at radius 3 is 2.42 bits per heavy atom. The van der Waals surface area contributed by atoms with Gasteiger partial charge in [-0.2, -0.15) is 9.40 Å². The molecular weight excluding hydrogens is 324 g/mol. The molecule has 3 rings (SSSR count). The largest absolute Gasteiger partial charge is 0.300 e. The number of rotatable bonds is 6. The summed E-state index contributed by atoms with van der Waals surface area (Å²) >= 11 is 0. The first-order valence-electron chi connectivity index (χ1n) is 8.38. The van der Waals surface area contributed by atoms with Crippen LogP contribution in [-0.4, -0.2) is 60.1 Å². The molecule has 0 atom stereocenters. The number of piperazine rings is 1. The van der Waals surface area contributed by atoms with Crippen LogP contribution in [0.15, 0.2) is 47.6 Å². The molecular formula is C17H24N4O2S. The smallest absolute Gasteiger partial charge is 0.246 e. The van der Waals surface area contributed by atoms with Crippen molar-refractivity contribution in [3.05, 3.63) is 48.3 Å². The van der Waals surface area contributed by atoms with Crippen LogP contribution in [0, 0.1) is 0 Å². The van der Waals surface area contributed by atoms with Gasteiger partial charge >= 0.3 is 0 Å². The van der Waals surface area contributed by atoms with Crippen LogP contribution in [0.4, 0.5) is 0 Å². The van der Waals surface area contributed by atoms with Gasteiger partial charge in [-0.15, -0.1) is 0 Å². The molecule has 6 nitrogen and oxygen atoms in total. The van der Waals surface area contributed by atoms with E-state index >= 15 is 0 Å². The van der Waals surface area contributed by atoms with Crippen molar-refractivity contribution in [1.29, 1.82) is 0 Å². The van der Waals surface area contributed by atoms with E-state index in [9.17, 15) is 8.42 Å². The molecule has 1 aromatic carbocycles. The van der Waals surface area contributed by atoms with Crippen molar-refractivity contribution >= 4 is 10.0 Å². The van der Waals surface area contributed by atoms with E-state index in [1.54, 1.807) is 15.2 Å². The van der Waals surface area contributed by atoms with E-state index in [1.165, 1.54) is 11.8 Å². The van der Waals surface area contributed by atoms with Crippen LogP contribution in [0.2, 0.25) is 0 Å². The van der Waals surface area contributed by atoms with Crippen molar-refractivity contribution in [1.82, 2.24) is 19.0 Å². The van der Waals surface area contributed by atoms with Crippen LogP contribution in [0.25, 0.3) is 0 Å². The highest BCUT2D eigenvalue weighted by Gasteiger charge is 2.29. The Balaban J connectivity index is 1.54. The number of sulfonamides is 1. The second-order valence-electron chi connectivity index (χ2n) is 6.01. The zero-order valence-corrected chi connectivity index (χ0v) is 14.8. The first-order valence-corrected chi connectivity index (χ1v) is 9.82. The fraction of sp³-hybridized carbons (Fsp3) is 0.471. The quantitative estimate of drug-likeness (QED) is 0.793. The van der Waals surface area contributed by atoms with Gasteiger partial charge in [0.2, 0.25) is 10.0 Å². The molecule has 24 heavy (non-hydrogen) atoms. The normalized spacial score (nSPS) is 17.2. The van der Waals surface area contributed by atoms with Crippen LogP contribution in [-0.2, 0) is 23.0 Å². The Kier molecular flexibility index (Phi) is 5.33. The van der Waals surface area contributed by atoms with Gasteiger partial charge in [0.1, 0.15) is 4.90 Å². The van der Waals surface area contributed by atoms with Crippen molar-refractivity contribution in [2.24, 2.45) is 0 Å². The van der Waals surface area contributed by atoms with Gasteiger partial charge in [0.25, 0.3) is 0 Å². The van der Waals surface area contributed by atoms with Gasteiger partial charge in [-0.05, 0) is 18.9 Å². The maximum Gasteiger partial charge on any atom is 0.246 e. The van der Waals surface area contributed by atoms with Gasteiger partial charge in [-0.1, -0.05) is 30.3 Å². The zero-order valence-electron chi connectivity index (χ0n) is 14.0. The summed E-state index contributed by atoms with van der Waals surface area (Å²) in [5.41, 5.74) is 1.32. The molecule has 1 aromatic heterocycles. The highest BCUT2D eigenvalue weighted by molar-refractivity contribution is 7.89. The fourth-order valence-electron chi connectivity index (χ4n) is 2.93. The number of hydrogen-bond donors (Lipinski definition) is 0. The average molecular weight is 348 g/mol. The summed E-state index contributed by atoms with van der Waals surface area (Å²) in [6, 6.07) is 10.4. The summed E-state index contributed by atoms with van der Waals surface area (Å²) in [5, 5.41) is 4.07. The number of benzene rings is 1. The predicted molar refractivity (Wildman–Crippen MR) is 93.2 cm³/mol. The van der Waals surface area contributed by atoms with E-state index in [1.807, 2.05) is 13.0 Å². The number of aryl methyl sites for hydroxylation is 1. The first kappa shape index (κ1) is 17.1. The summed E-state index contributed by atoms with van der Waals surface area (Å²) in [5.74, 6) is 0. The molecule has 1 fully saturated rings. The summed E-state index contributed by atoms with van der Waals surface area (Å²) in [4.78, 5) is 2.62. The van der Waals surface area contributed by atoms with Gasteiger partial charge in [0.05, 0.1) is 6.20 Å². The third-order valence-electron chi connectivity index (χ3n) is 4.46. The minimum atomic E-state index is -3.42. The predicted octanol–water partition coefficient (Wildman–Crippen LogP) is 1.45. The second-order valence-corrected chi connectivity index (χ2v) is 7.95. The van der Waals surface area contributed by atoms with Crippen LogP contribution in [0.5, 0.6) is 0 Å². The van der Waals surface area contributed by atoms with Crippen molar-refractivity contribution in [2.45, 2.75) is 24.8 Å². The molecule has 2 heterocycles. The van der Waals surface area contributed by atoms with Gasteiger partial charge in [0.15, 0.2) is 0 Å². The molecule has 0 bridgehead atoms. The molecule has 0 radical (unpaired) electrons. The van der Waals surface area contributed by atoms with E-state index in [2.05, 4.69) is 34.3 Å². The Morgan fingerprint density at radius 2 is 1.79 bits per heavy atom. The summed E-state index contributed by atoms with van der Waals surface area (Å²) in [6.07, 6.45) is 4.05. The lowest BCUT2D eigenvalue weighted by molar-refractivity contribution is 0.190. The highest BCUT2D eigenvalue weighted by Crippen LogP contribution is 2.17. The molecule has 0 spiro atoms. The molecule has 1 aliphatic heterocycles. The van der Waals surface area contributed by atoms with Crippen LogP contribution < -0.4 is 0 Å². The maximum absolute atomic E-state index is 12.7. The van der Waals surface area contributed by atoms with Gasteiger partial charge in [-0.25, -0.2) is 8.42 Å². The molecule has 1 saturated heterocycles. The monoisotopic (exact) mass is 348 g/mol. The fourth-order valence-corrected chi connectivity index (χ4v) is 4.30. The molecule has 0 aliphatic carbocycles. The maximum atomic E-state index is 12.7. The van der Waals surface area contributed by atoms with Crippen molar-refractivity contribution in [3.8, 4) is 0 Å². The topological polar surface area (TPSA) is 58.4 Å². The summed E-state index contributed by atoms with van der Waals surface area (Å²) in [7, 11) is -3.42. The molecule has 0 unspecified atom stereocenters. The SMILES string of the molecule is CCn1cc(S(=O)(=O)N2CCN(CCc3ccccc3)CC2)cn1. The van der Waals surface area contributed by atoms with Crippen LogP contribution in [0.3, 0.4) is 0 Å². The highest BCUT2D eigenvalue weighted by atomic mass is 32.2.